The van der Waals surface area contributed by atoms with E-state index in [1.807, 2.05) is 54.6 Å². The fourth-order valence-corrected chi connectivity index (χ4v) is 4.39. The summed E-state index contributed by atoms with van der Waals surface area (Å²) in [4.78, 5) is 23.8. The molecular weight excluding hydrogens is 430 g/mol. The highest BCUT2D eigenvalue weighted by molar-refractivity contribution is 7.22. The van der Waals surface area contributed by atoms with Crippen LogP contribution in [0.5, 0.6) is 5.75 Å². The topological polar surface area (TPSA) is 55.3 Å². The van der Waals surface area contributed by atoms with Gasteiger partial charge in [0.05, 0.1) is 22.0 Å². The van der Waals surface area contributed by atoms with Gasteiger partial charge in [-0.1, -0.05) is 61.1 Å². The summed E-state index contributed by atoms with van der Waals surface area (Å²) in [6, 6.07) is 19.1. The number of ether oxygens (including phenoxy) is 1. The molecule has 0 unspecified atom stereocenters. The van der Waals surface area contributed by atoms with Crippen molar-refractivity contribution in [1.82, 2.24) is 9.97 Å². The lowest BCUT2D eigenvalue weighted by atomic mass is 10.0. The standard InChI is InChI=1S/C24H22ClN3O2S/c1-16(2)17-9-11-19(12-10-17)30-15-22(29)28(14-18-6-3-4-13-26-18)24-27-23-20(25)7-5-8-21(23)31-24/h3-13,16H,14-15H2,1-2H3. The molecule has 2 aromatic carbocycles. The van der Waals surface area contributed by atoms with Gasteiger partial charge in [-0.15, -0.1) is 0 Å². The highest BCUT2D eigenvalue weighted by Crippen LogP contribution is 2.33. The monoisotopic (exact) mass is 451 g/mol. The van der Waals surface area contributed by atoms with E-state index in [1.165, 1.54) is 16.9 Å². The number of pyridine rings is 1. The van der Waals surface area contributed by atoms with Crippen LogP contribution in [0, 0.1) is 0 Å². The second-order valence-corrected chi connectivity index (χ2v) is 8.81. The zero-order chi connectivity index (χ0) is 21.8. The predicted molar refractivity (Wildman–Crippen MR) is 126 cm³/mol. The SMILES string of the molecule is CC(C)c1ccc(OCC(=O)N(Cc2ccccn2)c2nc3c(Cl)cccc3s2)cc1. The Bertz CT molecular complexity index is 1180. The first-order chi connectivity index (χ1) is 15.0. The van der Waals surface area contributed by atoms with Crippen LogP contribution in [-0.2, 0) is 11.3 Å². The van der Waals surface area contributed by atoms with Gasteiger partial charge in [0.2, 0.25) is 0 Å². The molecule has 0 N–H and O–H groups in total. The fourth-order valence-electron chi connectivity index (χ4n) is 3.11. The average Bonchev–Trinajstić information content (AvgIpc) is 3.22. The van der Waals surface area contributed by atoms with Crippen molar-refractivity contribution in [1.29, 1.82) is 0 Å². The summed E-state index contributed by atoms with van der Waals surface area (Å²) >= 11 is 7.71. The van der Waals surface area contributed by atoms with E-state index in [2.05, 4.69) is 23.8 Å². The summed E-state index contributed by atoms with van der Waals surface area (Å²) in [5.74, 6) is 0.895. The molecule has 0 aliphatic carbocycles. The van der Waals surface area contributed by atoms with Crippen LogP contribution in [0.3, 0.4) is 0 Å². The molecule has 0 saturated carbocycles. The van der Waals surface area contributed by atoms with Gasteiger partial charge in [-0.05, 0) is 47.9 Å². The second kappa shape index (κ2) is 9.45. The Labute approximate surface area is 190 Å². The predicted octanol–water partition coefficient (Wildman–Crippen LogP) is 6.08. The third-order valence-corrected chi connectivity index (χ3v) is 6.19. The van der Waals surface area contributed by atoms with Crippen LogP contribution in [0.4, 0.5) is 5.13 Å². The highest BCUT2D eigenvalue weighted by Gasteiger charge is 2.22. The van der Waals surface area contributed by atoms with Gasteiger partial charge >= 0.3 is 0 Å². The molecule has 0 bridgehead atoms. The van der Waals surface area contributed by atoms with Crippen molar-refractivity contribution in [3.8, 4) is 5.75 Å². The minimum atomic E-state index is -0.200. The first-order valence-corrected chi connectivity index (χ1v) is 11.2. The number of halogens is 1. The maximum atomic E-state index is 13.2. The molecule has 158 valence electrons. The fraction of sp³-hybridized carbons (Fsp3) is 0.208. The number of rotatable bonds is 7. The molecule has 0 atom stereocenters. The number of hydrogen-bond donors (Lipinski definition) is 0. The van der Waals surface area contributed by atoms with Gasteiger partial charge in [-0.3, -0.25) is 14.7 Å². The molecule has 0 radical (unpaired) electrons. The van der Waals surface area contributed by atoms with Crippen molar-refractivity contribution in [2.45, 2.75) is 26.3 Å². The lowest BCUT2D eigenvalue weighted by Crippen LogP contribution is -2.34. The second-order valence-electron chi connectivity index (χ2n) is 7.40. The van der Waals surface area contributed by atoms with Gasteiger partial charge in [0.15, 0.2) is 11.7 Å². The number of para-hydroxylation sites is 1. The van der Waals surface area contributed by atoms with Crippen LogP contribution in [0.25, 0.3) is 10.2 Å². The van der Waals surface area contributed by atoms with Gasteiger partial charge in [-0.25, -0.2) is 4.98 Å². The number of benzene rings is 2. The van der Waals surface area contributed by atoms with Gasteiger partial charge in [0.1, 0.15) is 11.3 Å². The van der Waals surface area contributed by atoms with Gasteiger partial charge in [0, 0.05) is 6.20 Å². The Morgan fingerprint density at radius 1 is 1.10 bits per heavy atom. The Kier molecular flexibility index (Phi) is 6.49. The number of thiazole rings is 1. The zero-order valence-electron chi connectivity index (χ0n) is 17.3. The Morgan fingerprint density at radius 3 is 2.58 bits per heavy atom. The smallest absolute Gasteiger partial charge is 0.267 e. The van der Waals surface area contributed by atoms with E-state index in [0.29, 0.717) is 33.9 Å². The number of anilines is 1. The lowest BCUT2D eigenvalue weighted by Gasteiger charge is -2.20. The quantitative estimate of drug-likeness (QED) is 0.341. The van der Waals surface area contributed by atoms with Gasteiger partial charge in [0.25, 0.3) is 5.91 Å². The zero-order valence-corrected chi connectivity index (χ0v) is 18.9. The van der Waals surface area contributed by atoms with Crippen LogP contribution < -0.4 is 9.64 Å². The molecule has 5 nitrogen and oxygen atoms in total. The molecule has 2 aromatic heterocycles. The molecule has 0 fully saturated rings. The molecule has 0 aliphatic heterocycles. The van der Waals surface area contributed by atoms with Crippen molar-refractivity contribution >= 4 is 44.2 Å². The molecule has 1 amide bonds. The molecule has 31 heavy (non-hydrogen) atoms. The van der Waals surface area contributed by atoms with Crippen molar-refractivity contribution in [2.75, 3.05) is 11.5 Å². The Balaban J connectivity index is 1.57. The normalized spacial score (nSPS) is 11.1. The summed E-state index contributed by atoms with van der Waals surface area (Å²) in [6.45, 7) is 4.47. The number of nitrogens with zero attached hydrogens (tertiary/aromatic N) is 3. The van der Waals surface area contributed by atoms with E-state index < -0.39 is 0 Å². The maximum absolute atomic E-state index is 13.2. The van der Waals surface area contributed by atoms with Crippen molar-refractivity contribution < 1.29 is 9.53 Å². The number of fused-ring (bicyclic) bond motifs is 1. The number of carbonyl (C=O) groups is 1. The first-order valence-electron chi connectivity index (χ1n) is 9.99. The molecule has 7 heteroatoms. The minimum absolute atomic E-state index is 0.0997. The molecule has 4 aromatic rings. The third kappa shape index (κ3) is 5.03. The third-order valence-electron chi connectivity index (χ3n) is 4.85. The number of carbonyl (C=O) groups excluding carboxylic acids is 1. The molecule has 2 heterocycles. The Hall–Kier alpha value is -2.96. The number of hydrogen-bond acceptors (Lipinski definition) is 5. The lowest BCUT2D eigenvalue weighted by molar-refractivity contribution is -0.120. The molecular formula is C24H22ClN3O2S. The van der Waals surface area contributed by atoms with Crippen LogP contribution in [-0.4, -0.2) is 22.5 Å². The van der Waals surface area contributed by atoms with E-state index in [0.717, 1.165) is 10.4 Å². The summed E-state index contributed by atoms with van der Waals surface area (Å²) in [7, 11) is 0. The van der Waals surface area contributed by atoms with Crippen LogP contribution in [0.2, 0.25) is 5.02 Å². The summed E-state index contributed by atoms with van der Waals surface area (Å²) < 4.78 is 6.70. The average molecular weight is 452 g/mol. The van der Waals surface area contributed by atoms with E-state index >= 15 is 0 Å². The summed E-state index contributed by atoms with van der Waals surface area (Å²) in [5.41, 5.74) is 2.68. The van der Waals surface area contributed by atoms with Crippen LogP contribution in [0.1, 0.15) is 31.0 Å². The van der Waals surface area contributed by atoms with Crippen molar-refractivity contribution in [3.05, 3.63) is 83.1 Å². The van der Waals surface area contributed by atoms with E-state index in [4.69, 9.17) is 16.3 Å². The first kappa shape index (κ1) is 21.3. The number of aromatic nitrogens is 2. The van der Waals surface area contributed by atoms with Crippen LogP contribution in [0.15, 0.2) is 66.9 Å². The summed E-state index contributed by atoms with van der Waals surface area (Å²) in [6.07, 6.45) is 1.71. The van der Waals surface area contributed by atoms with E-state index in [1.54, 1.807) is 17.2 Å². The minimum Gasteiger partial charge on any atom is -0.484 e. The van der Waals surface area contributed by atoms with Crippen molar-refractivity contribution in [3.63, 3.8) is 0 Å². The van der Waals surface area contributed by atoms with Gasteiger partial charge in [-0.2, -0.15) is 0 Å². The molecule has 0 saturated heterocycles. The van der Waals surface area contributed by atoms with Crippen molar-refractivity contribution in [2.24, 2.45) is 0 Å². The van der Waals surface area contributed by atoms with Crippen LogP contribution >= 0.6 is 22.9 Å². The number of amides is 1. The van der Waals surface area contributed by atoms with E-state index in [9.17, 15) is 4.79 Å². The summed E-state index contributed by atoms with van der Waals surface area (Å²) in [5, 5.41) is 1.13. The molecule has 0 spiro atoms. The van der Waals surface area contributed by atoms with Gasteiger partial charge < -0.3 is 4.74 Å². The maximum Gasteiger partial charge on any atom is 0.267 e. The Morgan fingerprint density at radius 2 is 1.90 bits per heavy atom. The van der Waals surface area contributed by atoms with E-state index in [-0.39, 0.29) is 12.5 Å². The molecule has 0 aliphatic rings. The highest BCUT2D eigenvalue weighted by atomic mass is 35.5. The largest absolute Gasteiger partial charge is 0.484 e. The molecule has 4 rings (SSSR count).